The second kappa shape index (κ2) is 12.9. The highest BCUT2D eigenvalue weighted by molar-refractivity contribution is 7.26. The van der Waals surface area contributed by atoms with Gasteiger partial charge in [-0.3, -0.25) is 0 Å². The molecule has 0 fully saturated rings. The zero-order valence-electron chi connectivity index (χ0n) is 29.8. The number of rotatable bonds is 6. The van der Waals surface area contributed by atoms with Crippen LogP contribution in [0, 0.1) is 0 Å². The molecule has 0 radical (unpaired) electrons. The Labute approximate surface area is 322 Å². The molecule has 0 saturated carbocycles. The van der Waals surface area contributed by atoms with Crippen molar-refractivity contribution in [2.45, 2.75) is 0 Å². The quantitative estimate of drug-likeness (QED) is 0.170. The minimum absolute atomic E-state index is 0.871. The van der Waals surface area contributed by atoms with Gasteiger partial charge in [-0.15, -0.1) is 11.3 Å². The van der Waals surface area contributed by atoms with Crippen molar-refractivity contribution in [3.8, 4) is 33.4 Å². The van der Waals surface area contributed by atoms with Crippen LogP contribution in [-0.2, 0) is 0 Å². The first kappa shape index (κ1) is 31.6. The van der Waals surface area contributed by atoms with Gasteiger partial charge in [-0.25, -0.2) is 0 Å². The zero-order chi connectivity index (χ0) is 36.3. The van der Waals surface area contributed by atoms with Gasteiger partial charge >= 0.3 is 0 Å². The summed E-state index contributed by atoms with van der Waals surface area (Å²) >= 11 is 1.87. The standard InChI is InChI=1S/C52H33NOS/c1-2-11-36-30-39(23-22-34(36)10-1)35-24-26-41(27-25-35)53(43-28-29-46-45-16-3-5-20-49(45)54-50(46)33-43)42-15-8-13-38(32-42)37-12-7-14-40(31-37)44-18-9-19-48-47-17-4-6-21-51(47)55-52(44)48/h1-33H. The second-order valence-corrected chi connectivity index (χ2v) is 15.2. The number of para-hydroxylation sites is 1. The summed E-state index contributed by atoms with van der Waals surface area (Å²) in [5.74, 6) is 0. The molecule has 0 aliphatic rings. The van der Waals surface area contributed by atoms with Crippen LogP contribution in [-0.4, -0.2) is 0 Å². The molecule has 9 aromatic carbocycles. The molecule has 3 heteroatoms. The summed E-state index contributed by atoms with van der Waals surface area (Å²) in [4.78, 5) is 2.34. The van der Waals surface area contributed by atoms with Gasteiger partial charge in [-0.05, 0) is 105 Å². The number of fused-ring (bicyclic) bond motifs is 7. The first-order valence-electron chi connectivity index (χ1n) is 18.7. The normalized spacial score (nSPS) is 11.6. The summed E-state index contributed by atoms with van der Waals surface area (Å²) in [5.41, 5.74) is 12.2. The van der Waals surface area contributed by atoms with Gasteiger partial charge in [-0.1, -0.05) is 133 Å². The highest BCUT2D eigenvalue weighted by atomic mass is 32.1. The Morgan fingerprint density at radius 2 is 0.982 bits per heavy atom. The molecule has 2 aromatic heterocycles. The van der Waals surface area contributed by atoms with Gasteiger partial charge < -0.3 is 9.32 Å². The number of hydrogen-bond acceptors (Lipinski definition) is 3. The Kier molecular flexibility index (Phi) is 7.39. The fourth-order valence-corrected chi connectivity index (χ4v) is 9.38. The van der Waals surface area contributed by atoms with E-state index in [1.165, 1.54) is 58.8 Å². The summed E-state index contributed by atoms with van der Waals surface area (Å²) in [6.45, 7) is 0. The van der Waals surface area contributed by atoms with Crippen LogP contribution in [0.15, 0.2) is 205 Å². The van der Waals surface area contributed by atoms with Crippen LogP contribution >= 0.6 is 11.3 Å². The molecular weight excluding hydrogens is 687 g/mol. The smallest absolute Gasteiger partial charge is 0.137 e. The van der Waals surface area contributed by atoms with E-state index in [0.717, 1.165) is 44.6 Å². The van der Waals surface area contributed by atoms with Crippen LogP contribution in [0.2, 0.25) is 0 Å². The molecule has 11 aromatic rings. The van der Waals surface area contributed by atoms with Crippen LogP contribution in [0.3, 0.4) is 0 Å². The van der Waals surface area contributed by atoms with E-state index in [4.69, 9.17) is 4.42 Å². The molecule has 2 nitrogen and oxygen atoms in total. The summed E-state index contributed by atoms with van der Waals surface area (Å²) in [7, 11) is 0. The molecule has 55 heavy (non-hydrogen) atoms. The maximum absolute atomic E-state index is 6.40. The maximum atomic E-state index is 6.40. The first-order chi connectivity index (χ1) is 27.2. The molecule has 11 rings (SSSR count). The lowest BCUT2D eigenvalue weighted by molar-refractivity contribution is 0.669. The lowest BCUT2D eigenvalue weighted by Gasteiger charge is -2.26. The topological polar surface area (TPSA) is 16.4 Å². The van der Waals surface area contributed by atoms with E-state index < -0.39 is 0 Å². The maximum Gasteiger partial charge on any atom is 0.137 e. The fraction of sp³-hybridized carbons (Fsp3) is 0. The number of thiophene rings is 1. The molecule has 0 unspecified atom stereocenters. The molecule has 0 atom stereocenters. The van der Waals surface area contributed by atoms with Crippen LogP contribution in [0.25, 0.3) is 86.3 Å². The predicted molar refractivity (Wildman–Crippen MR) is 235 cm³/mol. The minimum atomic E-state index is 0.871. The van der Waals surface area contributed by atoms with Crippen molar-refractivity contribution in [3.63, 3.8) is 0 Å². The van der Waals surface area contributed by atoms with Crippen molar-refractivity contribution < 1.29 is 4.42 Å². The summed E-state index contributed by atoms with van der Waals surface area (Å²) in [6, 6.07) is 72.2. The third-order valence-corrected chi connectivity index (χ3v) is 12.1. The summed E-state index contributed by atoms with van der Waals surface area (Å²) in [6.07, 6.45) is 0. The first-order valence-corrected chi connectivity index (χ1v) is 19.5. The van der Waals surface area contributed by atoms with Crippen molar-refractivity contribution in [1.29, 1.82) is 0 Å². The lowest BCUT2D eigenvalue weighted by atomic mass is 9.97. The zero-order valence-corrected chi connectivity index (χ0v) is 30.6. The van der Waals surface area contributed by atoms with Gasteiger partial charge in [-0.2, -0.15) is 0 Å². The second-order valence-electron chi connectivity index (χ2n) is 14.1. The van der Waals surface area contributed by atoms with E-state index in [-0.39, 0.29) is 0 Å². The van der Waals surface area contributed by atoms with Crippen molar-refractivity contribution in [2.75, 3.05) is 4.90 Å². The third-order valence-electron chi connectivity index (χ3n) is 10.8. The van der Waals surface area contributed by atoms with Gasteiger partial charge in [0.05, 0.1) is 0 Å². The van der Waals surface area contributed by atoms with Crippen molar-refractivity contribution in [2.24, 2.45) is 0 Å². The number of hydrogen-bond donors (Lipinski definition) is 0. The Balaban J connectivity index is 1.02. The average Bonchev–Trinajstić information content (AvgIpc) is 3.82. The molecule has 2 heterocycles. The van der Waals surface area contributed by atoms with Crippen molar-refractivity contribution in [1.82, 2.24) is 0 Å². The summed E-state index contributed by atoms with van der Waals surface area (Å²) in [5, 5.41) is 7.37. The molecule has 0 aliphatic carbocycles. The van der Waals surface area contributed by atoms with Crippen LogP contribution in [0.5, 0.6) is 0 Å². The monoisotopic (exact) mass is 719 g/mol. The molecular formula is C52H33NOS. The number of benzene rings is 9. The number of anilines is 3. The van der Waals surface area contributed by atoms with E-state index >= 15 is 0 Å². The van der Waals surface area contributed by atoms with E-state index in [1.807, 2.05) is 23.5 Å². The van der Waals surface area contributed by atoms with Gasteiger partial charge in [0.15, 0.2) is 0 Å². The summed E-state index contributed by atoms with van der Waals surface area (Å²) < 4.78 is 9.05. The Morgan fingerprint density at radius 1 is 0.345 bits per heavy atom. The van der Waals surface area contributed by atoms with E-state index in [2.05, 4.69) is 193 Å². The molecule has 0 bridgehead atoms. The van der Waals surface area contributed by atoms with Crippen LogP contribution in [0.1, 0.15) is 0 Å². The lowest BCUT2D eigenvalue weighted by Crippen LogP contribution is -2.10. The Hall–Kier alpha value is -6.94. The van der Waals surface area contributed by atoms with E-state index in [1.54, 1.807) is 0 Å². The number of nitrogens with zero attached hydrogens (tertiary/aromatic N) is 1. The SMILES string of the molecule is c1cc(-c2cccc(N(c3ccc(-c4ccc5ccccc5c4)cc3)c3ccc4c(c3)oc3ccccc34)c2)cc(-c2cccc3c2sc2ccccc23)c1. The third kappa shape index (κ3) is 5.48. The highest BCUT2D eigenvalue weighted by Crippen LogP contribution is 2.43. The van der Waals surface area contributed by atoms with E-state index in [9.17, 15) is 0 Å². The molecule has 0 saturated heterocycles. The van der Waals surface area contributed by atoms with Crippen LogP contribution in [0.4, 0.5) is 17.1 Å². The Morgan fingerprint density at radius 3 is 1.89 bits per heavy atom. The van der Waals surface area contributed by atoms with Gasteiger partial charge in [0.25, 0.3) is 0 Å². The van der Waals surface area contributed by atoms with Crippen LogP contribution < -0.4 is 4.90 Å². The predicted octanol–water partition coefficient (Wildman–Crippen LogP) is 15.6. The van der Waals surface area contributed by atoms with Crippen molar-refractivity contribution in [3.05, 3.63) is 200 Å². The van der Waals surface area contributed by atoms with Gasteiger partial charge in [0.1, 0.15) is 11.2 Å². The number of furan rings is 1. The van der Waals surface area contributed by atoms with Crippen molar-refractivity contribution >= 4 is 81.3 Å². The highest BCUT2D eigenvalue weighted by Gasteiger charge is 2.17. The average molecular weight is 720 g/mol. The molecule has 0 spiro atoms. The van der Waals surface area contributed by atoms with E-state index in [0.29, 0.717) is 0 Å². The molecule has 0 amide bonds. The minimum Gasteiger partial charge on any atom is -0.456 e. The fourth-order valence-electron chi connectivity index (χ4n) is 8.14. The molecule has 258 valence electrons. The van der Waals surface area contributed by atoms with Gasteiger partial charge in [0, 0.05) is 54.1 Å². The Bertz CT molecular complexity index is 3220. The largest absolute Gasteiger partial charge is 0.456 e. The van der Waals surface area contributed by atoms with Gasteiger partial charge in [0.2, 0.25) is 0 Å². The molecule has 0 N–H and O–H groups in total. The molecule has 0 aliphatic heterocycles.